The van der Waals surface area contributed by atoms with Crippen LogP contribution in [0.2, 0.25) is 0 Å². The molecular weight excluding hydrogens is 393 g/mol. The zero-order valence-corrected chi connectivity index (χ0v) is 15.3. The van der Waals surface area contributed by atoms with Crippen molar-refractivity contribution in [3.8, 4) is 0 Å². The summed E-state index contributed by atoms with van der Waals surface area (Å²) in [5.74, 6) is -1.00. The van der Waals surface area contributed by atoms with E-state index in [2.05, 4.69) is 25.7 Å². The number of nitrogens with one attached hydrogen (secondary N) is 2. The summed E-state index contributed by atoms with van der Waals surface area (Å²) >= 11 is 0. The van der Waals surface area contributed by atoms with Gasteiger partial charge in [-0.3, -0.25) is 9.59 Å². The van der Waals surface area contributed by atoms with Crippen molar-refractivity contribution in [1.82, 2.24) is 30.2 Å². The molecule has 9 nitrogen and oxygen atoms in total. The summed E-state index contributed by atoms with van der Waals surface area (Å²) in [6, 6.07) is 1.64. The lowest BCUT2D eigenvalue weighted by Crippen LogP contribution is -2.24. The van der Waals surface area contributed by atoms with Gasteiger partial charge in [-0.05, 0) is 18.6 Å². The Morgan fingerprint density at radius 2 is 2.03 bits per heavy atom. The molecule has 0 bridgehead atoms. The van der Waals surface area contributed by atoms with Crippen LogP contribution < -0.4 is 10.6 Å². The molecule has 0 aliphatic carbocycles. The van der Waals surface area contributed by atoms with Crippen LogP contribution in [0.3, 0.4) is 0 Å². The van der Waals surface area contributed by atoms with Crippen LogP contribution in [-0.2, 0) is 17.9 Å². The first-order valence-electron chi connectivity index (χ1n) is 8.56. The standard InChI is InChI=1S/C17H17F3N6O3/c1-10-15(29-9-23-10)16(28)22-7-12-8-26-13(25-12)4-11(6-24-26)5-21-14(27)2-3-17(18,19)20/h4,6,8-9H,2-3,5,7H2,1H3,(H,21,27)(H,22,28). The summed E-state index contributed by atoms with van der Waals surface area (Å²) in [6.07, 6.45) is -1.89. The van der Waals surface area contributed by atoms with Crippen molar-refractivity contribution in [2.24, 2.45) is 0 Å². The van der Waals surface area contributed by atoms with Crippen LogP contribution >= 0.6 is 0 Å². The van der Waals surface area contributed by atoms with Gasteiger partial charge in [0, 0.05) is 13.0 Å². The highest BCUT2D eigenvalue weighted by Crippen LogP contribution is 2.21. The molecule has 2 N–H and O–H groups in total. The van der Waals surface area contributed by atoms with E-state index in [1.165, 1.54) is 17.1 Å². The molecule has 2 amide bonds. The molecular formula is C17H17F3N6O3. The Labute approximate surface area is 162 Å². The summed E-state index contributed by atoms with van der Waals surface area (Å²) in [5.41, 5.74) is 2.05. The summed E-state index contributed by atoms with van der Waals surface area (Å²) in [5, 5.41) is 9.21. The minimum atomic E-state index is -4.37. The first-order chi connectivity index (χ1) is 13.7. The number of aryl methyl sites for hydroxylation is 1. The number of rotatable bonds is 7. The maximum absolute atomic E-state index is 12.1. The summed E-state index contributed by atoms with van der Waals surface area (Å²) < 4.78 is 42.9. The van der Waals surface area contributed by atoms with Gasteiger partial charge in [-0.25, -0.2) is 14.5 Å². The van der Waals surface area contributed by atoms with Crippen LogP contribution in [0.25, 0.3) is 5.65 Å². The second-order valence-electron chi connectivity index (χ2n) is 6.24. The first kappa shape index (κ1) is 20.3. The van der Waals surface area contributed by atoms with Gasteiger partial charge in [0.15, 0.2) is 12.0 Å². The Morgan fingerprint density at radius 1 is 1.24 bits per heavy atom. The van der Waals surface area contributed by atoms with Crippen molar-refractivity contribution in [3.63, 3.8) is 0 Å². The van der Waals surface area contributed by atoms with Gasteiger partial charge in [0.2, 0.25) is 11.7 Å². The van der Waals surface area contributed by atoms with Crippen molar-refractivity contribution < 1.29 is 27.2 Å². The minimum absolute atomic E-state index is 0.0316. The smallest absolute Gasteiger partial charge is 0.389 e. The third-order valence-corrected chi connectivity index (χ3v) is 3.93. The molecule has 3 rings (SSSR count). The first-order valence-corrected chi connectivity index (χ1v) is 8.56. The number of fused-ring (bicyclic) bond motifs is 1. The van der Waals surface area contributed by atoms with Crippen LogP contribution in [0, 0.1) is 6.92 Å². The molecule has 0 saturated heterocycles. The van der Waals surface area contributed by atoms with Crippen molar-refractivity contribution >= 4 is 17.5 Å². The van der Waals surface area contributed by atoms with E-state index in [1.807, 2.05) is 0 Å². The van der Waals surface area contributed by atoms with Crippen LogP contribution in [0.1, 0.15) is 40.3 Å². The van der Waals surface area contributed by atoms with E-state index in [0.29, 0.717) is 22.6 Å². The fourth-order valence-electron chi connectivity index (χ4n) is 2.46. The molecule has 0 atom stereocenters. The summed E-state index contributed by atoms with van der Waals surface area (Å²) in [7, 11) is 0. The number of nitrogens with zero attached hydrogens (tertiary/aromatic N) is 4. The highest BCUT2D eigenvalue weighted by Gasteiger charge is 2.27. The van der Waals surface area contributed by atoms with Crippen LogP contribution in [0.15, 0.2) is 29.3 Å². The predicted molar refractivity (Wildman–Crippen MR) is 92.5 cm³/mol. The molecule has 0 aliphatic heterocycles. The molecule has 0 unspecified atom stereocenters. The van der Waals surface area contributed by atoms with E-state index < -0.39 is 30.8 Å². The Balaban J connectivity index is 1.56. The van der Waals surface area contributed by atoms with Crippen molar-refractivity contribution in [2.45, 2.75) is 39.0 Å². The molecule has 3 aromatic rings. The predicted octanol–water partition coefficient (Wildman–Crippen LogP) is 1.91. The molecule has 0 saturated carbocycles. The van der Waals surface area contributed by atoms with Gasteiger partial charge in [0.25, 0.3) is 5.91 Å². The average Bonchev–Trinajstić information content (AvgIpc) is 3.27. The Bertz CT molecular complexity index is 1030. The van der Waals surface area contributed by atoms with E-state index >= 15 is 0 Å². The molecule has 12 heteroatoms. The molecule has 0 spiro atoms. The molecule has 154 valence electrons. The minimum Gasteiger partial charge on any atom is -0.438 e. The number of amides is 2. The quantitative estimate of drug-likeness (QED) is 0.615. The Morgan fingerprint density at radius 3 is 2.72 bits per heavy atom. The molecule has 0 aliphatic rings. The topological polar surface area (TPSA) is 114 Å². The largest absolute Gasteiger partial charge is 0.438 e. The second-order valence-corrected chi connectivity index (χ2v) is 6.24. The summed E-state index contributed by atoms with van der Waals surface area (Å²) in [6.45, 7) is 1.81. The highest BCUT2D eigenvalue weighted by atomic mass is 19.4. The van der Waals surface area contributed by atoms with Gasteiger partial charge in [-0.2, -0.15) is 18.3 Å². The van der Waals surface area contributed by atoms with E-state index in [1.54, 1.807) is 19.2 Å². The number of oxazole rings is 1. The lowest BCUT2D eigenvalue weighted by molar-refractivity contribution is -0.144. The van der Waals surface area contributed by atoms with Gasteiger partial charge in [-0.1, -0.05) is 0 Å². The van der Waals surface area contributed by atoms with Crippen LogP contribution in [0.4, 0.5) is 13.2 Å². The van der Waals surface area contributed by atoms with E-state index in [0.717, 1.165) is 0 Å². The van der Waals surface area contributed by atoms with Gasteiger partial charge in [0.1, 0.15) is 0 Å². The molecule has 29 heavy (non-hydrogen) atoms. The van der Waals surface area contributed by atoms with Crippen molar-refractivity contribution in [2.75, 3.05) is 0 Å². The zero-order chi connectivity index (χ0) is 21.0. The number of carbonyl (C=O) groups excluding carboxylic acids is 2. The lowest BCUT2D eigenvalue weighted by atomic mass is 10.2. The number of halogens is 3. The second kappa shape index (κ2) is 8.29. The molecule has 0 fully saturated rings. The highest BCUT2D eigenvalue weighted by molar-refractivity contribution is 5.92. The maximum Gasteiger partial charge on any atom is 0.389 e. The SMILES string of the molecule is Cc1ncoc1C(=O)NCc1cn2ncc(CNC(=O)CCC(F)(F)F)cc2n1. The lowest BCUT2D eigenvalue weighted by Gasteiger charge is -2.07. The third-order valence-electron chi connectivity index (χ3n) is 3.93. The number of hydrogen-bond donors (Lipinski definition) is 2. The number of hydrogen-bond acceptors (Lipinski definition) is 6. The number of carbonyl (C=O) groups is 2. The van der Waals surface area contributed by atoms with Crippen LogP contribution in [-0.4, -0.2) is 37.6 Å². The number of aromatic nitrogens is 4. The molecule has 3 heterocycles. The Hall–Kier alpha value is -3.44. The fourth-order valence-corrected chi connectivity index (χ4v) is 2.46. The zero-order valence-electron chi connectivity index (χ0n) is 15.3. The van der Waals surface area contributed by atoms with Gasteiger partial charge >= 0.3 is 6.18 Å². The Kier molecular flexibility index (Phi) is 5.80. The van der Waals surface area contributed by atoms with E-state index in [9.17, 15) is 22.8 Å². The fraction of sp³-hybridized carbons (Fsp3) is 0.353. The van der Waals surface area contributed by atoms with Crippen LogP contribution in [0.5, 0.6) is 0 Å². The normalized spacial score (nSPS) is 11.6. The monoisotopic (exact) mass is 410 g/mol. The number of alkyl halides is 3. The van der Waals surface area contributed by atoms with Gasteiger partial charge in [-0.15, -0.1) is 0 Å². The summed E-state index contributed by atoms with van der Waals surface area (Å²) in [4.78, 5) is 31.7. The maximum atomic E-state index is 12.1. The average molecular weight is 410 g/mol. The molecule has 3 aromatic heterocycles. The number of imidazole rings is 1. The van der Waals surface area contributed by atoms with Crippen molar-refractivity contribution in [3.05, 3.63) is 47.6 Å². The molecule has 0 aromatic carbocycles. The van der Waals surface area contributed by atoms with Gasteiger partial charge < -0.3 is 15.1 Å². The third kappa shape index (κ3) is 5.53. The van der Waals surface area contributed by atoms with Crippen molar-refractivity contribution in [1.29, 1.82) is 0 Å². The van der Waals surface area contributed by atoms with Gasteiger partial charge in [0.05, 0.1) is 36.7 Å². The molecule has 0 radical (unpaired) electrons. The van der Waals surface area contributed by atoms with E-state index in [-0.39, 0.29) is 18.8 Å². The van der Waals surface area contributed by atoms with E-state index in [4.69, 9.17) is 4.42 Å².